The lowest BCUT2D eigenvalue weighted by Crippen LogP contribution is -2.41. The molecule has 2 nitrogen and oxygen atoms in total. The highest BCUT2D eigenvalue weighted by atomic mass is 14.8. The van der Waals surface area contributed by atoms with E-state index in [1.54, 1.807) is 0 Å². The maximum absolute atomic E-state index is 5.92. The fraction of sp³-hybridized carbons (Fsp3) is 1.00. The molecular formula is C10H24N2. The molecule has 0 fully saturated rings. The van der Waals surface area contributed by atoms with Crippen molar-refractivity contribution in [1.82, 2.24) is 0 Å². The van der Waals surface area contributed by atoms with Gasteiger partial charge in [-0.3, -0.25) is 0 Å². The van der Waals surface area contributed by atoms with Crippen molar-refractivity contribution in [2.45, 2.75) is 64.5 Å². The topological polar surface area (TPSA) is 52.0 Å². The van der Waals surface area contributed by atoms with Gasteiger partial charge < -0.3 is 11.5 Å². The standard InChI is InChI=1S/C10H24N2/c1-3-5-7-9(11)10(12)8-6-4-2/h9-10H,3-8,11-12H2,1-2H3/t9-,10-/m0/s1. The molecule has 0 aliphatic carbocycles. The van der Waals surface area contributed by atoms with Gasteiger partial charge in [-0.1, -0.05) is 39.5 Å². The molecule has 2 heteroatoms. The summed E-state index contributed by atoms with van der Waals surface area (Å²) < 4.78 is 0. The van der Waals surface area contributed by atoms with E-state index in [4.69, 9.17) is 11.5 Å². The first kappa shape index (κ1) is 11.9. The molecular weight excluding hydrogens is 148 g/mol. The van der Waals surface area contributed by atoms with Gasteiger partial charge in [0, 0.05) is 12.1 Å². The van der Waals surface area contributed by atoms with Gasteiger partial charge in [0.2, 0.25) is 0 Å². The van der Waals surface area contributed by atoms with Crippen LogP contribution in [0.3, 0.4) is 0 Å². The molecule has 0 rings (SSSR count). The van der Waals surface area contributed by atoms with Crippen LogP contribution < -0.4 is 11.5 Å². The Balaban J connectivity index is 3.39. The summed E-state index contributed by atoms with van der Waals surface area (Å²) in [7, 11) is 0. The second-order valence-electron chi connectivity index (χ2n) is 3.61. The highest BCUT2D eigenvalue weighted by Gasteiger charge is 2.11. The smallest absolute Gasteiger partial charge is 0.0192 e. The monoisotopic (exact) mass is 172 g/mol. The van der Waals surface area contributed by atoms with Gasteiger partial charge in [0.05, 0.1) is 0 Å². The molecule has 12 heavy (non-hydrogen) atoms. The molecule has 2 atom stereocenters. The quantitative estimate of drug-likeness (QED) is 0.617. The van der Waals surface area contributed by atoms with Gasteiger partial charge in [0.25, 0.3) is 0 Å². The van der Waals surface area contributed by atoms with E-state index in [9.17, 15) is 0 Å². The van der Waals surface area contributed by atoms with Crippen molar-refractivity contribution in [2.75, 3.05) is 0 Å². The fourth-order valence-electron chi connectivity index (χ4n) is 1.31. The number of rotatable bonds is 7. The van der Waals surface area contributed by atoms with Crippen molar-refractivity contribution < 1.29 is 0 Å². The Morgan fingerprint density at radius 2 is 1.17 bits per heavy atom. The second-order valence-corrected chi connectivity index (χ2v) is 3.61. The van der Waals surface area contributed by atoms with Gasteiger partial charge in [-0.05, 0) is 12.8 Å². The van der Waals surface area contributed by atoms with Gasteiger partial charge in [0.1, 0.15) is 0 Å². The van der Waals surface area contributed by atoms with Crippen LogP contribution in [-0.2, 0) is 0 Å². The number of nitrogens with two attached hydrogens (primary N) is 2. The largest absolute Gasteiger partial charge is 0.326 e. The minimum atomic E-state index is 0.219. The molecule has 4 N–H and O–H groups in total. The third kappa shape index (κ3) is 5.56. The maximum Gasteiger partial charge on any atom is 0.0192 e. The molecule has 0 aromatic carbocycles. The lowest BCUT2D eigenvalue weighted by atomic mass is 9.99. The Hall–Kier alpha value is -0.0800. The first-order chi connectivity index (χ1) is 5.72. The molecule has 74 valence electrons. The van der Waals surface area contributed by atoms with Crippen molar-refractivity contribution in [3.63, 3.8) is 0 Å². The number of hydrogen-bond donors (Lipinski definition) is 2. The van der Waals surface area contributed by atoms with E-state index in [2.05, 4.69) is 13.8 Å². The van der Waals surface area contributed by atoms with Crippen LogP contribution in [0.2, 0.25) is 0 Å². The molecule has 0 aromatic rings. The highest BCUT2D eigenvalue weighted by molar-refractivity contribution is 4.75. The van der Waals surface area contributed by atoms with Gasteiger partial charge >= 0.3 is 0 Å². The van der Waals surface area contributed by atoms with Crippen LogP contribution >= 0.6 is 0 Å². The lowest BCUT2D eigenvalue weighted by molar-refractivity contribution is 0.445. The Kier molecular flexibility index (Phi) is 7.51. The summed E-state index contributed by atoms with van der Waals surface area (Å²) in [5.41, 5.74) is 11.8. The SMILES string of the molecule is CCCC[C@H](N)[C@@H](N)CCCC. The van der Waals surface area contributed by atoms with Crippen molar-refractivity contribution in [3.8, 4) is 0 Å². The molecule has 0 spiro atoms. The molecule has 0 aromatic heterocycles. The average molecular weight is 172 g/mol. The van der Waals surface area contributed by atoms with E-state index >= 15 is 0 Å². The molecule has 0 aliphatic heterocycles. The molecule has 0 saturated heterocycles. The van der Waals surface area contributed by atoms with Crippen LogP contribution in [0.4, 0.5) is 0 Å². The third-order valence-electron chi connectivity index (χ3n) is 2.33. The molecule has 0 unspecified atom stereocenters. The first-order valence-corrected chi connectivity index (χ1v) is 5.23. The highest BCUT2D eigenvalue weighted by Crippen LogP contribution is 2.06. The Morgan fingerprint density at radius 1 is 0.833 bits per heavy atom. The Bertz CT molecular complexity index is 81.8. The van der Waals surface area contributed by atoms with Gasteiger partial charge in [-0.15, -0.1) is 0 Å². The second kappa shape index (κ2) is 7.56. The van der Waals surface area contributed by atoms with Crippen LogP contribution in [0.1, 0.15) is 52.4 Å². The maximum atomic E-state index is 5.92. The van der Waals surface area contributed by atoms with Crippen LogP contribution in [-0.4, -0.2) is 12.1 Å². The predicted molar refractivity (Wildman–Crippen MR) is 55.0 cm³/mol. The fourth-order valence-corrected chi connectivity index (χ4v) is 1.31. The molecule has 0 radical (unpaired) electrons. The Labute approximate surface area is 76.7 Å². The lowest BCUT2D eigenvalue weighted by Gasteiger charge is -2.19. The van der Waals surface area contributed by atoms with Gasteiger partial charge in [-0.2, -0.15) is 0 Å². The summed E-state index contributed by atoms with van der Waals surface area (Å²) in [6, 6.07) is 0.438. The zero-order valence-electron chi connectivity index (χ0n) is 8.55. The van der Waals surface area contributed by atoms with Crippen molar-refractivity contribution in [2.24, 2.45) is 11.5 Å². The van der Waals surface area contributed by atoms with Crippen LogP contribution in [0.5, 0.6) is 0 Å². The van der Waals surface area contributed by atoms with E-state index in [1.807, 2.05) is 0 Å². The van der Waals surface area contributed by atoms with E-state index in [0.29, 0.717) is 0 Å². The minimum Gasteiger partial charge on any atom is -0.326 e. The van der Waals surface area contributed by atoms with Crippen LogP contribution in [0.15, 0.2) is 0 Å². The first-order valence-electron chi connectivity index (χ1n) is 5.23. The number of unbranched alkanes of at least 4 members (excludes halogenated alkanes) is 2. The zero-order valence-corrected chi connectivity index (χ0v) is 8.55. The summed E-state index contributed by atoms with van der Waals surface area (Å²) in [6.45, 7) is 4.37. The van der Waals surface area contributed by atoms with Crippen molar-refractivity contribution in [3.05, 3.63) is 0 Å². The summed E-state index contributed by atoms with van der Waals surface area (Å²) >= 11 is 0. The summed E-state index contributed by atoms with van der Waals surface area (Å²) in [4.78, 5) is 0. The van der Waals surface area contributed by atoms with E-state index in [0.717, 1.165) is 12.8 Å². The van der Waals surface area contributed by atoms with E-state index in [-0.39, 0.29) is 12.1 Å². The predicted octanol–water partition coefficient (Wildman–Crippen LogP) is 2.02. The van der Waals surface area contributed by atoms with Crippen molar-refractivity contribution >= 4 is 0 Å². The van der Waals surface area contributed by atoms with Crippen LogP contribution in [0.25, 0.3) is 0 Å². The summed E-state index contributed by atoms with van der Waals surface area (Å²) in [5.74, 6) is 0. The molecule has 0 heterocycles. The molecule has 0 amide bonds. The summed E-state index contributed by atoms with van der Waals surface area (Å²) in [5, 5.41) is 0. The Morgan fingerprint density at radius 3 is 1.42 bits per heavy atom. The number of hydrogen-bond acceptors (Lipinski definition) is 2. The minimum absolute atomic E-state index is 0.219. The zero-order chi connectivity index (χ0) is 9.40. The van der Waals surface area contributed by atoms with E-state index < -0.39 is 0 Å². The molecule has 0 aliphatic rings. The van der Waals surface area contributed by atoms with Crippen molar-refractivity contribution in [1.29, 1.82) is 0 Å². The third-order valence-corrected chi connectivity index (χ3v) is 2.33. The molecule has 0 bridgehead atoms. The normalized spacial score (nSPS) is 16.0. The average Bonchev–Trinajstić information content (AvgIpc) is 2.10. The van der Waals surface area contributed by atoms with Gasteiger partial charge in [0.15, 0.2) is 0 Å². The molecule has 0 saturated carbocycles. The van der Waals surface area contributed by atoms with E-state index in [1.165, 1.54) is 25.7 Å². The van der Waals surface area contributed by atoms with Crippen LogP contribution in [0, 0.1) is 0 Å². The summed E-state index contributed by atoms with van der Waals surface area (Å²) in [6.07, 6.45) is 7.02. The van der Waals surface area contributed by atoms with Gasteiger partial charge in [-0.25, -0.2) is 0 Å².